The van der Waals surface area contributed by atoms with Crippen LogP contribution in [0.3, 0.4) is 0 Å². The predicted octanol–water partition coefficient (Wildman–Crippen LogP) is 2.64. The fraction of sp³-hybridized carbons (Fsp3) is 0.235. The maximum absolute atomic E-state index is 13.5. The topological polar surface area (TPSA) is 48.0 Å². The van der Waals surface area contributed by atoms with E-state index < -0.39 is 5.82 Å². The van der Waals surface area contributed by atoms with Gasteiger partial charge in [-0.15, -0.1) is 0 Å². The second kappa shape index (κ2) is 6.56. The number of hydrogen-bond acceptors (Lipinski definition) is 4. The van der Waals surface area contributed by atoms with Gasteiger partial charge in [-0.25, -0.2) is 4.39 Å². The third-order valence-corrected chi connectivity index (χ3v) is 3.47. The highest BCUT2D eigenvalue weighted by Gasteiger charge is 2.17. The lowest BCUT2D eigenvalue weighted by Gasteiger charge is -2.22. The highest BCUT2D eigenvalue weighted by Crippen LogP contribution is 2.33. The van der Waals surface area contributed by atoms with Crippen LogP contribution >= 0.6 is 0 Å². The molecule has 0 unspecified atom stereocenters. The Morgan fingerprint density at radius 2 is 1.91 bits per heavy atom. The standard InChI is InChI=1S/C17H16FNO4/c1-19(12-6-7-15-16(10-12)22-9-8-21-15)17(20)11-23-14-5-3-2-4-13(14)18/h2-7,10H,8-9,11H2,1H3. The Kier molecular flexibility index (Phi) is 4.32. The van der Waals surface area contributed by atoms with Crippen LogP contribution in [0.1, 0.15) is 0 Å². The van der Waals surface area contributed by atoms with E-state index in [1.165, 1.54) is 17.0 Å². The minimum Gasteiger partial charge on any atom is -0.486 e. The molecule has 0 spiro atoms. The molecule has 1 heterocycles. The smallest absolute Gasteiger partial charge is 0.264 e. The van der Waals surface area contributed by atoms with Crippen molar-refractivity contribution in [2.24, 2.45) is 0 Å². The van der Waals surface area contributed by atoms with Gasteiger partial charge < -0.3 is 19.1 Å². The van der Waals surface area contributed by atoms with Gasteiger partial charge in [-0.3, -0.25) is 4.79 Å². The number of benzene rings is 2. The molecule has 2 aromatic rings. The molecule has 0 aliphatic carbocycles. The van der Waals surface area contributed by atoms with E-state index in [9.17, 15) is 9.18 Å². The van der Waals surface area contributed by atoms with Crippen LogP contribution in [0, 0.1) is 5.82 Å². The van der Waals surface area contributed by atoms with Gasteiger partial charge in [0.05, 0.1) is 0 Å². The third kappa shape index (κ3) is 3.36. The van der Waals surface area contributed by atoms with E-state index in [1.807, 2.05) is 0 Å². The van der Waals surface area contributed by atoms with Gasteiger partial charge in [-0.05, 0) is 24.3 Å². The summed E-state index contributed by atoms with van der Waals surface area (Å²) in [7, 11) is 1.62. The first-order chi connectivity index (χ1) is 11.1. The monoisotopic (exact) mass is 317 g/mol. The summed E-state index contributed by atoms with van der Waals surface area (Å²) in [5, 5.41) is 0. The van der Waals surface area contributed by atoms with E-state index in [0.717, 1.165) is 0 Å². The van der Waals surface area contributed by atoms with Crippen molar-refractivity contribution in [1.29, 1.82) is 0 Å². The van der Waals surface area contributed by atoms with Crippen molar-refractivity contribution < 1.29 is 23.4 Å². The molecule has 3 rings (SSSR count). The maximum atomic E-state index is 13.5. The number of amides is 1. The van der Waals surface area contributed by atoms with Gasteiger partial charge in [0.15, 0.2) is 29.7 Å². The zero-order valence-corrected chi connectivity index (χ0v) is 12.6. The van der Waals surface area contributed by atoms with Crippen LogP contribution in [0.25, 0.3) is 0 Å². The molecule has 0 aromatic heterocycles. The van der Waals surface area contributed by atoms with Crippen molar-refractivity contribution in [3.8, 4) is 17.2 Å². The molecule has 1 aliphatic rings. The lowest BCUT2D eigenvalue weighted by atomic mass is 10.2. The van der Waals surface area contributed by atoms with Crippen LogP contribution < -0.4 is 19.1 Å². The van der Waals surface area contributed by atoms with Crippen LogP contribution in [0.15, 0.2) is 42.5 Å². The second-order valence-electron chi connectivity index (χ2n) is 5.00. The zero-order valence-electron chi connectivity index (χ0n) is 12.6. The summed E-state index contributed by atoms with van der Waals surface area (Å²) in [5.74, 6) is 0.510. The summed E-state index contributed by atoms with van der Waals surface area (Å²) < 4.78 is 29.6. The summed E-state index contributed by atoms with van der Waals surface area (Å²) in [4.78, 5) is 13.6. The third-order valence-electron chi connectivity index (χ3n) is 3.47. The predicted molar refractivity (Wildman–Crippen MR) is 82.7 cm³/mol. The Morgan fingerprint density at radius 3 is 2.70 bits per heavy atom. The largest absolute Gasteiger partial charge is 0.486 e. The summed E-state index contributed by atoms with van der Waals surface area (Å²) in [6.07, 6.45) is 0. The minimum absolute atomic E-state index is 0.0522. The normalized spacial score (nSPS) is 12.6. The first kappa shape index (κ1) is 15.1. The summed E-state index contributed by atoms with van der Waals surface area (Å²) in [6, 6.07) is 11.2. The molecule has 1 amide bonds. The number of carbonyl (C=O) groups excluding carboxylic acids is 1. The van der Waals surface area contributed by atoms with Crippen molar-refractivity contribution in [3.63, 3.8) is 0 Å². The molecule has 0 saturated carbocycles. The molecule has 120 valence electrons. The fourth-order valence-corrected chi connectivity index (χ4v) is 2.18. The van der Waals surface area contributed by atoms with Crippen LogP contribution in [-0.4, -0.2) is 32.8 Å². The number of anilines is 1. The second-order valence-corrected chi connectivity index (χ2v) is 5.00. The quantitative estimate of drug-likeness (QED) is 0.870. The Morgan fingerprint density at radius 1 is 1.17 bits per heavy atom. The number of para-hydroxylation sites is 1. The molecule has 0 saturated heterocycles. The number of carbonyl (C=O) groups is 1. The van der Waals surface area contributed by atoms with Crippen molar-refractivity contribution >= 4 is 11.6 Å². The Labute approximate surface area is 133 Å². The van der Waals surface area contributed by atoms with Crippen LogP contribution in [0.4, 0.5) is 10.1 Å². The molecule has 0 radical (unpaired) electrons. The molecular formula is C17H16FNO4. The first-order valence-electron chi connectivity index (χ1n) is 7.18. The molecule has 1 aliphatic heterocycles. The molecule has 0 N–H and O–H groups in total. The first-order valence-corrected chi connectivity index (χ1v) is 7.18. The molecule has 0 fully saturated rings. The summed E-state index contributed by atoms with van der Waals surface area (Å²) >= 11 is 0. The van der Waals surface area contributed by atoms with Crippen LogP contribution in [0.5, 0.6) is 17.2 Å². The fourth-order valence-electron chi connectivity index (χ4n) is 2.18. The van der Waals surface area contributed by atoms with Gasteiger partial charge >= 0.3 is 0 Å². The molecular weight excluding hydrogens is 301 g/mol. The Bertz CT molecular complexity index is 719. The van der Waals surface area contributed by atoms with Gasteiger partial charge in [0.2, 0.25) is 0 Å². The van der Waals surface area contributed by atoms with Gasteiger partial charge in [0.1, 0.15) is 13.2 Å². The zero-order chi connectivity index (χ0) is 16.2. The number of ether oxygens (including phenoxy) is 3. The summed E-state index contributed by atoms with van der Waals surface area (Å²) in [5.41, 5.74) is 0.649. The lowest BCUT2D eigenvalue weighted by Crippen LogP contribution is -2.31. The number of nitrogens with zero attached hydrogens (tertiary/aromatic N) is 1. The average Bonchev–Trinajstić information content (AvgIpc) is 2.59. The Hall–Kier alpha value is -2.76. The molecule has 0 bridgehead atoms. The molecule has 0 atom stereocenters. The van der Waals surface area contributed by atoms with E-state index in [1.54, 1.807) is 37.4 Å². The number of likely N-dealkylation sites (N-methyl/N-ethyl adjacent to an activating group) is 1. The van der Waals surface area contributed by atoms with Gasteiger partial charge in [-0.2, -0.15) is 0 Å². The van der Waals surface area contributed by atoms with Crippen molar-refractivity contribution in [1.82, 2.24) is 0 Å². The molecule has 23 heavy (non-hydrogen) atoms. The molecule has 2 aromatic carbocycles. The highest BCUT2D eigenvalue weighted by molar-refractivity contribution is 5.94. The minimum atomic E-state index is -0.498. The SMILES string of the molecule is CN(C(=O)COc1ccccc1F)c1ccc2c(c1)OCCO2. The van der Waals surface area contributed by atoms with Gasteiger partial charge in [-0.1, -0.05) is 12.1 Å². The van der Waals surface area contributed by atoms with E-state index >= 15 is 0 Å². The van der Waals surface area contributed by atoms with Gasteiger partial charge in [0, 0.05) is 18.8 Å². The number of hydrogen-bond donors (Lipinski definition) is 0. The van der Waals surface area contributed by atoms with Crippen LogP contribution in [-0.2, 0) is 4.79 Å². The van der Waals surface area contributed by atoms with Crippen molar-refractivity contribution in [2.45, 2.75) is 0 Å². The number of rotatable bonds is 4. The van der Waals surface area contributed by atoms with Crippen LogP contribution in [0.2, 0.25) is 0 Å². The van der Waals surface area contributed by atoms with E-state index in [0.29, 0.717) is 30.4 Å². The highest BCUT2D eigenvalue weighted by atomic mass is 19.1. The maximum Gasteiger partial charge on any atom is 0.264 e. The summed E-state index contributed by atoms with van der Waals surface area (Å²) in [6.45, 7) is 0.730. The lowest BCUT2D eigenvalue weighted by molar-refractivity contribution is -0.120. The number of halogens is 1. The van der Waals surface area contributed by atoms with E-state index in [2.05, 4.69) is 0 Å². The Balaban J connectivity index is 1.66. The van der Waals surface area contributed by atoms with E-state index in [4.69, 9.17) is 14.2 Å². The average molecular weight is 317 g/mol. The number of fused-ring (bicyclic) bond motifs is 1. The van der Waals surface area contributed by atoms with Gasteiger partial charge in [0.25, 0.3) is 5.91 Å². The molecule has 5 nitrogen and oxygen atoms in total. The van der Waals surface area contributed by atoms with E-state index in [-0.39, 0.29) is 18.3 Å². The van der Waals surface area contributed by atoms with Crippen molar-refractivity contribution in [2.75, 3.05) is 31.8 Å². The molecule has 6 heteroatoms. The van der Waals surface area contributed by atoms with Crippen molar-refractivity contribution in [3.05, 3.63) is 48.3 Å².